The highest BCUT2D eigenvalue weighted by atomic mass is 35.5. The van der Waals surface area contributed by atoms with E-state index in [-0.39, 0.29) is 11.4 Å². The summed E-state index contributed by atoms with van der Waals surface area (Å²) in [5, 5.41) is 3.85. The first kappa shape index (κ1) is 13.5. The average Bonchev–Trinajstić information content (AvgIpc) is 2.47. The first-order chi connectivity index (χ1) is 10.1. The fraction of sp³-hybridized carbons (Fsp3) is 0. The van der Waals surface area contributed by atoms with E-state index < -0.39 is 16.6 Å². The van der Waals surface area contributed by atoms with Gasteiger partial charge in [-0.3, -0.25) is 9.59 Å². The Kier molecular flexibility index (Phi) is 3.27. The van der Waals surface area contributed by atoms with Crippen molar-refractivity contribution in [2.24, 2.45) is 0 Å². The maximum atomic E-state index is 13.3. The molecule has 0 atom stereocenters. The predicted molar refractivity (Wildman–Crippen MR) is 77.5 cm³/mol. The van der Waals surface area contributed by atoms with E-state index in [0.29, 0.717) is 10.8 Å². The fourth-order valence-electron chi connectivity index (χ4n) is 2.12. The van der Waals surface area contributed by atoms with E-state index in [9.17, 15) is 14.0 Å². The molecule has 0 N–H and O–H groups in total. The van der Waals surface area contributed by atoms with Crippen LogP contribution in [0.4, 0.5) is 4.39 Å². The molecule has 0 aliphatic heterocycles. The molecule has 3 aromatic rings. The van der Waals surface area contributed by atoms with Gasteiger partial charge in [0.1, 0.15) is 5.82 Å². The summed E-state index contributed by atoms with van der Waals surface area (Å²) in [6, 6.07) is 11.9. The van der Waals surface area contributed by atoms with Crippen LogP contribution in [0.25, 0.3) is 16.5 Å². The summed E-state index contributed by atoms with van der Waals surface area (Å²) in [4.78, 5) is 24.0. The summed E-state index contributed by atoms with van der Waals surface area (Å²) in [5.74, 6) is -0.506. The second-order valence-corrected chi connectivity index (χ2v) is 4.71. The third-order valence-electron chi connectivity index (χ3n) is 3.04. The van der Waals surface area contributed by atoms with Crippen LogP contribution in [-0.4, -0.2) is 15.0 Å². The van der Waals surface area contributed by atoms with Crippen LogP contribution in [0.3, 0.4) is 0 Å². The zero-order valence-electron chi connectivity index (χ0n) is 10.6. The standard InChI is InChI=1S/C15H8ClFN2O2/c16-14(20)13-11-6-1-2-7-12(11)15(21)19(18-13)10-5-3-4-9(17)8-10/h1-8H. The van der Waals surface area contributed by atoms with Gasteiger partial charge >= 0.3 is 0 Å². The zero-order valence-corrected chi connectivity index (χ0v) is 11.3. The maximum Gasteiger partial charge on any atom is 0.279 e. The molecule has 104 valence electrons. The molecule has 0 saturated carbocycles. The van der Waals surface area contributed by atoms with Crippen LogP contribution in [-0.2, 0) is 0 Å². The molecule has 0 fully saturated rings. The number of rotatable bonds is 2. The predicted octanol–water partition coefficient (Wildman–Crippen LogP) is 2.90. The molecule has 3 rings (SSSR count). The molecule has 0 radical (unpaired) electrons. The molecule has 6 heteroatoms. The Morgan fingerprint density at radius 3 is 2.48 bits per heavy atom. The van der Waals surface area contributed by atoms with Gasteiger partial charge < -0.3 is 0 Å². The van der Waals surface area contributed by atoms with Gasteiger partial charge in [0.2, 0.25) is 0 Å². The van der Waals surface area contributed by atoms with Gasteiger partial charge in [0.05, 0.1) is 11.1 Å². The van der Waals surface area contributed by atoms with Gasteiger partial charge in [-0.15, -0.1) is 0 Å². The van der Waals surface area contributed by atoms with Crippen LogP contribution >= 0.6 is 11.6 Å². The number of fused-ring (bicyclic) bond motifs is 1. The number of benzene rings is 2. The quantitative estimate of drug-likeness (QED) is 0.684. The minimum Gasteiger partial charge on any atom is -0.274 e. The van der Waals surface area contributed by atoms with Crippen molar-refractivity contribution in [2.45, 2.75) is 0 Å². The van der Waals surface area contributed by atoms with Crippen molar-refractivity contribution in [1.29, 1.82) is 0 Å². The Labute approximate surface area is 123 Å². The Hall–Kier alpha value is -2.53. The highest BCUT2D eigenvalue weighted by molar-refractivity contribution is 6.68. The lowest BCUT2D eigenvalue weighted by Crippen LogP contribution is -2.23. The highest BCUT2D eigenvalue weighted by Crippen LogP contribution is 2.17. The summed E-state index contributed by atoms with van der Waals surface area (Å²) in [7, 11) is 0. The molecule has 0 saturated heterocycles. The van der Waals surface area contributed by atoms with Crippen LogP contribution in [0.1, 0.15) is 10.5 Å². The molecule has 0 bridgehead atoms. The van der Waals surface area contributed by atoms with Crippen molar-refractivity contribution in [3.05, 3.63) is 70.4 Å². The smallest absolute Gasteiger partial charge is 0.274 e. The van der Waals surface area contributed by atoms with Crippen molar-refractivity contribution in [3.8, 4) is 5.69 Å². The lowest BCUT2D eigenvalue weighted by molar-refractivity contribution is 0.107. The fourth-order valence-corrected chi connectivity index (χ4v) is 2.26. The van der Waals surface area contributed by atoms with E-state index in [4.69, 9.17) is 11.6 Å². The Morgan fingerprint density at radius 1 is 1.10 bits per heavy atom. The van der Waals surface area contributed by atoms with Gasteiger partial charge in [0.15, 0.2) is 5.69 Å². The van der Waals surface area contributed by atoms with E-state index in [1.54, 1.807) is 24.3 Å². The molecule has 0 unspecified atom stereocenters. The van der Waals surface area contributed by atoms with Gasteiger partial charge in [0.25, 0.3) is 10.8 Å². The number of carbonyl (C=O) groups is 1. The molecule has 21 heavy (non-hydrogen) atoms. The Bertz CT molecular complexity index is 921. The van der Waals surface area contributed by atoms with Gasteiger partial charge in [-0.25, -0.2) is 4.39 Å². The average molecular weight is 303 g/mol. The largest absolute Gasteiger partial charge is 0.279 e. The zero-order chi connectivity index (χ0) is 15.0. The maximum absolute atomic E-state index is 13.3. The van der Waals surface area contributed by atoms with Crippen LogP contribution in [0.15, 0.2) is 53.3 Å². The van der Waals surface area contributed by atoms with Crippen LogP contribution in [0.2, 0.25) is 0 Å². The van der Waals surface area contributed by atoms with Gasteiger partial charge in [-0.05, 0) is 35.9 Å². The molecule has 0 spiro atoms. The van der Waals surface area contributed by atoms with Crippen molar-refractivity contribution in [1.82, 2.24) is 9.78 Å². The summed E-state index contributed by atoms with van der Waals surface area (Å²) in [6.07, 6.45) is 0. The highest BCUT2D eigenvalue weighted by Gasteiger charge is 2.15. The monoisotopic (exact) mass is 302 g/mol. The lowest BCUT2D eigenvalue weighted by atomic mass is 10.1. The number of hydrogen-bond donors (Lipinski definition) is 0. The minimum atomic E-state index is -0.781. The molecule has 1 heterocycles. The van der Waals surface area contributed by atoms with Crippen molar-refractivity contribution in [2.75, 3.05) is 0 Å². The summed E-state index contributed by atoms with van der Waals surface area (Å²) >= 11 is 5.53. The normalized spacial score (nSPS) is 10.8. The van der Waals surface area contributed by atoms with E-state index >= 15 is 0 Å². The van der Waals surface area contributed by atoms with Crippen LogP contribution in [0.5, 0.6) is 0 Å². The molecule has 2 aromatic carbocycles. The number of aromatic nitrogens is 2. The van der Waals surface area contributed by atoms with Crippen molar-refractivity contribution in [3.63, 3.8) is 0 Å². The number of nitrogens with zero attached hydrogens (tertiary/aromatic N) is 2. The molecular weight excluding hydrogens is 295 g/mol. The summed E-state index contributed by atoms with van der Waals surface area (Å²) in [5.41, 5.74) is -0.265. The van der Waals surface area contributed by atoms with Gasteiger partial charge in [-0.2, -0.15) is 9.78 Å². The van der Waals surface area contributed by atoms with Crippen LogP contribution in [0, 0.1) is 5.82 Å². The van der Waals surface area contributed by atoms with E-state index in [0.717, 1.165) is 10.7 Å². The molecule has 1 aromatic heterocycles. The number of halogens is 2. The Morgan fingerprint density at radius 2 is 1.81 bits per heavy atom. The number of carbonyl (C=O) groups excluding carboxylic acids is 1. The lowest BCUT2D eigenvalue weighted by Gasteiger charge is -2.08. The van der Waals surface area contributed by atoms with Gasteiger partial charge in [-0.1, -0.05) is 24.3 Å². The summed E-state index contributed by atoms with van der Waals surface area (Å²) in [6.45, 7) is 0. The number of hydrogen-bond acceptors (Lipinski definition) is 3. The summed E-state index contributed by atoms with van der Waals surface area (Å²) < 4.78 is 14.3. The SMILES string of the molecule is O=C(Cl)c1nn(-c2cccc(F)c2)c(=O)c2ccccc12. The van der Waals surface area contributed by atoms with Crippen LogP contribution < -0.4 is 5.56 Å². The Balaban J connectivity index is 2.42. The molecule has 0 aliphatic rings. The van der Waals surface area contributed by atoms with E-state index in [2.05, 4.69) is 5.10 Å². The molecule has 4 nitrogen and oxygen atoms in total. The van der Waals surface area contributed by atoms with Crippen molar-refractivity contribution < 1.29 is 9.18 Å². The van der Waals surface area contributed by atoms with E-state index in [1.165, 1.54) is 18.2 Å². The minimum absolute atomic E-state index is 0.0453. The second kappa shape index (κ2) is 5.10. The van der Waals surface area contributed by atoms with Crippen molar-refractivity contribution >= 4 is 27.6 Å². The third kappa shape index (κ3) is 2.32. The molecule has 0 aliphatic carbocycles. The topological polar surface area (TPSA) is 52.0 Å². The third-order valence-corrected chi connectivity index (χ3v) is 3.22. The molecular formula is C15H8ClFN2O2. The van der Waals surface area contributed by atoms with E-state index in [1.807, 2.05) is 0 Å². The second-order valence-electron chi connectivity index (χ2n) is 4.36. The van der Waals surface area contributed by atoms with Gasteiger partial charge in [0, 0.05) is 5.39 Å². The molecule has 0 amide bonds. The first-order valence-corrected chi connectivity index (χ1v) is 6.43. The first-order valence-electron chi connectivity index (χ1n) is 6.06.